The molecule has 0 aliphatic rings. The minimum Gasteiger partial charge on any atom is -0.330 e. The molecular weight excluding hydrogens is 258 g/mol. The summed E-state index contributed by atoms with van der Waals surface area (Å²) >= 11 is 0. The smallest absolute Gasteiger partial charge is 0.159 e. The van der Waals surface area contributed by atoms with Gasteiger partial charge in [-0.3, -0.25) is 0 Å². The molecule has 0 radical (unpaired) electrons. The summed E-state index contributed by atoms with van der Waals surface area (Å²) in [6.45, 7) is 9.15. The summed E-state index contributed by atoms with van der Waals surface area (Å²) in [5.74, 6) is 1.28. The zero-order valence-electron chi connectivity index (χ0n) is 13.5. The molecule has 112 valence electrons. The Balaban J connectivity index is 2.34. The fraction of sp³-hybridized carbons (Fsp3) is 0.444. The van der Waals surface area contributed by atoms with E-state index in [2.05, 4.69) is 52.0 Å². The molecule has 1 aromatic heterocycles. The van der Waals surface area contributed by atoms with Crippen molar-refractivity contribution in [3.05, 3.63) is 46.8 Å². The van der Waals surface area contributed by atoms with Crippen LogP contribution in [0.1, 0.15) is 36.4 Å². The second kappa shape index (κ2) is 6.81. The first-order valence-electron chi connectivity index (χ1n) is 7.68. The molecule has 3 heteroatoms. The molecule has 2 rings (SSSR count). The summed E-state index contributed by atoms with van der Waals surface area (Å²) in [6, 6.07) is 8.51. The number of nitrogens with two attached hydrogens (primary N) is 1. The highest BCUT2D eigenvalue weighted by molar-refractivity contribution is 5.56. The van der Waals surface area contributed by atoms with Gasteiger partial charge in [0.05, 0.1) is 0 Å². The second-order valence-corrected chi connectivity index (χ2v) is 5.79. The van der Waals surface area contributed by atoms with Crippen molar-refractivity contribution < 1.29 is 0 Å². The van der Waals surface area contributed by atoms with Crippen molar-refractivity contribution in [2.45, 2.75) is 40.5 Å². The van der Waals surface area contributed by atoms with Crippen LogP contribution in [0, 0.1) is 19.8 Å². The topological polar surface area (TPSA) is 51.8 Å². The third-order valence-electron chi connectivity index (χ3n) is 4.00. The lowest BCUT2D eigenvalue weighted by molar-refractivity contribution is 0.586. The number of rotatable bonds is 5. The number of benzene rings is 1. The lowest BCUT2D eigenvalue weighted by Gasteiger charge is -2.14. The minimum absolute atomic E-state index is 0.459. The van der Waals surface area contributed by atoms with Crippen molar-refractivity contribution in [3.63, 3.8) is 0 Å². The summed E-state index contributed by atoms with van der Waals surface area (Å²) in [4.78, 5) is 9.39. The summed E-state index contributed by atoms with van der Waals surface area (Å²) in [7, 11) is 0. The minimum atomic E-state index is 0.459. The normalized spacial score (nSPS) is 12.4. The Morgan fingerprint density at radius 2 is 1.62 bits per heavy atom. The van der Waals surface area contributed by atoms with Crippen molar-refractivity contribution in [1.82, 2.24) is 9.97 Å². The van der Waals surface area contributed by atoms with Gasteiger partial charge in [0.15, 0.2) is 5.82 Å². The highest BCUT2D eigenvalue weighted by Crippen LogP contribution is 2.21. The van der Waals surface area contributed by atoms with E-state index in [0.717, 1.165) is 35.6 Å². The van der Waals surface area contributed by atoms with E-state index in [-0.39, 0.29) is 0 Å². The second-order valence-electron chi connectivity index (χ2n) is 5.79. The Labute approximate surface area is 127 Å². The first kappa shape index (κ1) is 15.6. The maximum absolute atomic E-state index is 5.73. The van der Waals surface area contributed by atoms with Gasteiger partial charge in [-0.25, -0.2) is 9.97 Å². The summed E-state index contributed by atoms with van der Waals surface area (Å²) < 4.78 is 0. The first-order chi connectivity index (χ1) is 10.0. The monoisotopic (exact) mass is 283 g/mol. The SMILES string of the molecule is CCc1ccc(-c2nc(C)c(CC(C)CN)c(C)n2)cc1. The van der Waals surface area contributed by atoms with Crippen molar-refractivity contribution in [1.29, 1.82) is 0 Å². The molecule has 0 amide bonds. The van der Waals surface area contributed by atoms with Gasteiger partial charge in [-0.05, 0) is 50.3 Å². The van der Waals surface area contributed by atoms with Crippen LogP contribution >= 0.6 is 0 Å². The van der Waals surface area contributed by atoms with E-state index in [1.807, 2.05) is 0 Å². The van der Waals surface area contributed by atoms with Crippen molar-refractivity contribution in [2.24, 2.45) is 11.7 Å². The lowest BCUT2D eigenvalue weighted by Crippen LogP contribution is -2.15. The molecule has 0 saturated carbocycles. The fourth-order valence-electron chi connectivity index (χ4n) is 2.49. The van der Waals surface area contributed by atoms with Gasteiger partial charge in [0.2, 0.25) is 0 Å². The van der Waals surface area contributed by atoms with Crippen LogP contribution in [0.25, 0.3) is 11.4 Å². The first-order valence-corrected chi connectivity index (χ1v) is 7.68. The Morgan fingerprint density at radius 1 is 1.05 bits per heavy atom. The molecule has 1 aromatic carbocycles. The average Bonchev–Trinajstić information content (AvgIpc) is 2.50. The van der Waals surface area contributed by atoms with E-state index in [9.17, 15) is 0 Å². The van der Waals surface area contributed by atoms with Gasteiger partial charge in [0.25, 0.3) is 0 Å². The molecule has 2 aromatic rings. The highest BCUT2D eigenvalue weighted by Gasteiger charge is 2.12. The van der Waals surface area contributed by atoms with Crippen LogP contribution in [0.2, 0.25) is 0 Å². The molecule has 0 aliphatic heterocycles. The molecule has 0 spiro atoms. The van der Waals surface area contributed by atoms with Crippen LogP contribution in [0.15, 0.2) is 24.3 Å². The summed E-state index contributed by atoms with van der Waals surface area (Å²) in [5, 5.41) is 0. The predicted molar refractivity (Wildman–Crippen MR) is 88.2 cm³/mol. The Kier molecular flexibility index (Phi) is 5.07. The number of aromatic nitrogens is 2. The maximum atomic E-state index is 5.73. The molecule has 0 aliphatic carbocycles. The Bertz CT molecular complexity index is 579. The van der Waals surface area contributed by atoms with Crippen LogP contribution in [0.3, 0.4) is 0 Å². The van der Waals surface area contributed by atoms with E-state index in [4.69, 9.17) is 15.7 Å². The van der Waals surface area contributed by atoms with E-state index >= 15 is 0 Å². The fourth-order valence-corrected chi connectivity index (χ4v) is 2.49. The molecule has 0 saturated heterocycles. The van der Waals surface area contributed by atoms with Gasteiger partial charge in [0.1, 0.15) is 0 Å². The molecule has 0 fully saturated rings. The highest BCUT2D eigenvalue weighted by atomic mass is 14.9. The standard InChI is InChI=1S/C18H25N3/c1-5-15-6-8-16(9-7-15)18-20-13(3)17(14(4)21-18)10-12(2)11-19/h6-9,12H,5,10-11,19H2,1-4H3. The van der Waals surface area contributed by atoms with E-state index in [1.54, 1.807) is 0 Å². The largest absolute Gasteiger partial charge is 0.330 e. The molecule has 2 N–H and O–H groups in total. The molecule has 21 heavy (non-hydrogen) atoms. The van der Waals surface area contributed by atoms with E-state index in [1.165, 1.54) is 11.1 Å². The van der Waals surface area contributed by atoms with Gasteiger partial charge >= 0.3 is 0 Å². The zero-order chi connectivity index (χ0) is 15.4. The summed E-state index contributed by atoms with van der Waals surface area (Å²) in [5.41, 5.74) is 11.5. The molecular formula is C18H25N3. The van der Waals surface area contributed by atoms with Crippen molar-refractivity contribution in [2.75, 3.05) is 6.54 Å². The van der Waals surface area contributed by atoms with Crippen LogP contribution in [0.5, 0.6) is 0 Å². The quantitative estimate of drug-likeness (QED) is 0.914. The Hall–Kier alpha value is -1.74. The van der Waals surface area contributed by atoms with Gasteiger partial charge in [-0.2, -0.15) is 0 Å². The maximum Gasteiger partial charge on any atom is 0.159 e. The number of hydrogen-bond donors (Lipinski definition) is 1. The third kappa shape index (κ3) is 3.67. The van der Waals surface area contributed by atoms with Crippen LogP contribution in [-0.2, 0) is 12.8 Å². The summed E-state index contributed by atoms with van der Waals surface area (Å²) in [6.07, 6.45) is 2.00. The molecule has 1 unspecified atom stereocenters. The molecule has 1 atom stereocenters. The van der Waals surface area contributed by atoms with Crippen LogP contribution in [0.4, 0.5) is 0 Å². The van der Waals surface area contributed by atoms with Gasteiger partial charge < -0.3 is 5.73 Å². The van der Waals surface area contributed by atoms with Crippen LogP contribution < -0.4 is 5.73 Å². The van der Waals surface area contributed by atoms with E-state index in [0.29, 0.717) is 12.5 Å². The van der Waals surface area contributed by atoms with E-state index < -0.39 is 0 Å². The lowest BCUT2D eigenvalue weighted by atomic mass is 9.98. The van der Waals surface area contributed by atoms with Gasteiger partial charge in [-0.15, -0.1) is 0 Å². The van der Waals surface area contributed by atoms with Gasteiger partial charge in [-0.1, -0.05) is 38.1 Å². The number of nitrogens with zero attached hydrogens (tertiary/aromatic N) is 2. The zero-order valence-corrected chi connectivity index (χ0v) is 13.5. The van der Waals surface area contributed by atoms with Crippen molar-refractivity contribution >= 4 is 0 Å². The van der Waals surface area contributed by atoms with Crippen molar-refractivity contribution in [3.8, 4) is 11.4 Å². The number of hydrogen-bond acceptors (Lipinski definition) is 3. The number of aryl methyl sites for hydroxylation is 3. The predicted octanol–water partition coefficient (Wildman–Crippen LogP) is 3.46. The molecule has 1 heterocycles. The molecule has 0 bridgehead atoms. The Morgan fingerprint density at radius 3 is 2.10 bits per heavy atom. The molecule has 3 nitrogen and oxygen atoms in total. The third-order valence-corrected chi connectivity index (χ3v) is 4.00. The van der Waals surface area contributed by atoms with Crippen LogP contribution in [-0.4, -0.2) is 16.5 Å². The van der Waals surface area contributed by atoms with Gasteiger partial charge in [0, 0.05) is 17.0 Å². The average molecular weight is 283 g/mol.